The molecular weight excluding hydrogens is 276 g/mol. The fraction of sp³-hybridized carbons (Fsp3) is 0.231. The van der Waals surface area contributed by atoms with Crippen LogP contribution in [-0.4, -0.2) is 29.3 Å². The summed E-state index contributed by atoms with van der Waals surface area (Å²) in [4.78, 5) is 4.11. The Balaban J connectivity index is 2.35. The quantitative estimate of drug-likeness (QED) is 0.845. The van der Waals surface area contributed by atoms with Crippen molar-refractivity contribution in [3.8, 4) is 6.07 Å². The van der Waals surface area contributed by atoms with Gasteiger partial charge in [0.25, 0.3) is 0 Å². The number of imidazole rings is 1. The maximum absolute atomic E-state index is 12.5. The van der Waals surface area contributed by atoms with Crippen LogP contribution in [0.25, 0.3) is 0 Å². The molecule has 0 spiro atoms. The molecule has 0 amide bonds. The lowest BCUT2D eigenvalue weighted by Gasteiger charge is -2.17. The highest BCUT2D eigenvalue weighted by Crippen LogP contribution is 2.19. The molecule has 0 atom stereocenters. The topological polar surface area (TPSA) is 79.0 Å². The molecule has 104 valence electrons. The van der Waals surface area contributed by atoms with Gasteiger partial charge in [-0.3, -0.25) is 0 Å². The van der Waals surface area contributed by atoms with Crippen molar-refractivity contribution in [2.75, 3.05) is 7.05 Å². The largest absolute Gasteiger partial charge is 0.337 e. The van der Waals surface area contributed by atoms with Gasteiger partial charge in [-0.15, -0.1) is 0 Å². The van der Waals surface area contributed by atoms with E-state index >= 15 is 0 Å². The van der Waals surface area contributed by atoms with Gasteiger partial charge in [0.15, 0.2) is 0 Å². The van der Waals surface area contributed by atoms with Crippen LogP contribution in [0.2, 0.25) is 0 Å². The van der Waals surface area contributed by atoms with Gasteiger partial charge in [0.1, 0.15) is 11.9 Å². The predicted molar refractivity (Wildman–Crippen MR) is 73.0 cm³/mol. The number of rotatable bonds is 4. The Labute approximate surface area is 118 Å². The van der Waals surface area contributed by atoms with Crippen molar-refractivity contribution in [2.45, 2.75) is 11.4 Å². The van der Waals surface area contributed by atoms with E-state index in [0.717, 1.165) is 0 Å². The zero-order valence-electron chi connectivity index (χ0n) is 11.2. The van der Waals surface area contributed by atoms with Crippen molar-refractivity contribution in [1.82, 2.24) is 13.9 Å². The molecule has 0 aliphatic carbocycles. The van der Waals surface area contributed by atoms with E-state index in [2.05, 4.69) is 4.98 Å². The second-order valence-electron chi connectivity index (χ2n) is 4.32. The fourth-order valence-electron chi connectivity index (χ4n) is 1.78. The smallest absolute Gasteiger partial charge is 0.244 e. The van der Waals surface area contributed by atoms with Gasteiger partial charge in [0, 0.05) is 26.5 Å². The van der Waals surface area contributed by atoms with Crippen LogP contribution in [0.5, 0.6) is 0 Å². The highest BCUT2D eigenvalue weighted by Gasteiger charge is 2.24. The molecule has 0 radical (unpaired) electrons. The van der Waals surface area contributed by atoms with Gasteiger partial charge in [-0.2, -0.15) is 9.57 Å². The van der Waals surface area contributed by atoms with Crippen LogP contribution >= 0.6 is 0 Å². The highest BCUT2D eigenvalue weighted by molar-refractivity contribution is 7.89. The molecule has 0 aliphatic heterocycles. The minimum atomic E-state index is -3.72. The molecule has 0 N–H and O–H groups in total. The van der Waals surface area contributed by atoms with E-state index in [0.29, 0.717) is 5.82 Å². The van der Waals surface area contributed by atoms with E-state index in [1.807, 2.05) is 6.07 Å². The maximum Gasteiger partial charge on any atom is 0.244 e. The second kappa shape index (κ2) is 5.45. The van der Waals surface area contributed by atoms with Crippen LogP contribution in [0.15, 0.2) is 41.6 Å². The first kappa shape index (κ1) is 14.2. The first-order valence-corrected chi connectivity index (χ1v) is 7.32. The molecule has 0 saturated carbocycles. The summed E-state index contributed by atoms with van der Waals surface area (Å²) in [7, 11) is -0.449. The minimum Gasteiger partial charge on any atom is -0.337 e. The fourth-order valence-corrected chi connectivity index (χ4v) is 3.05. The summed E-state index contributed by atoms with van der Waals surface area (Å²) in [5.41, 5.74) is 0.138. The molecule has 0 saturated heterocycles. The number of sulfonamides is 1. The van der Waals surface area contributed by atoms with E-state index in [4.69, 9.17) is 5.26 Å². The lowest BCUT2D eigenvalue weighted by molar-refractivity contribution is 0.451. The molecule has 6 nitrogen and oxygen atoms in total. The van der Waals surface area contributed by atoms with Gasteiger partial charge in [-0.25, -0.2) is 13.4 Å². The van der Waals surface area contributed by atoms with E-state index in [-0.39, 0.29) is 17.0 Å². The summed E-state index contributed by atoms with van der Waals surface area (Å²) in [6, 6.07) is 8.06. The number of aryl methyl sites for hydroxylation is 1. The third-order valence-corrected chi connectivity index (χ3v) is 4.84. The molecule has 0 bridgehead atoms. The van der Waals surface area contributed by atoms with Crippen molar-refractivity contribution < 1.29 is 8.42 Å². The Hall–Kier alpha value is -2.17. The SMILES string of the molecule is CN(Cc1nccn1C)S(=O)(=O)c1ccccc1C#N. The molecule has 0 aliphatic rings. The Morgan fingerprint density at radius 1 is 1.40 bits per heavy atom. The average Bonchev–Trinajstić information content (AvgIpc) is 2.84. The Bertz CT molecular complexity index is 759. The van der Waals surface area contributed by atoms with Crippen molar-refractivity contribution in [1.29, 1.82) is 5.26 Å². The van der Waals surface area contributed by atoms with Gasteiger partial charge in [-0.1, -0.05) is 12.1 Å². The Morgan fingerprint density at radius 2 is 2.10 bits per heavy atom. The second-order valence-corrected chi connectivity index (χ2v) is 6.34. The number of aromatic nitrogens is 2. The zero-order chi connectivity index (χ0) is 14.8. The van der Waals surface area contributed by atoms with Gasteiger partial charge >= 0.3 is 0 Å². The molecule has 0 unspecified atom stereocenters. The summed E-state index contributed by atoms with van der Waals surface area (Å²) in [5.74, 6) is 0.630. The summed E-state index contributed by atoms with van der Waals surface area (Å²) < 4.78 is 27.9. The lowest BCUT2D eigenvalue weighted by atomic mass is 10.2. The molecule has 2 rings (SSSR count). The summed E-state index contributed by atoms with van der Waals surface area (Å²) in [6.45, 7) is 0.144. The molecule has 1 aromatic heterocycles. The highest BCUT2D eigenvalue weighted by atomic mass is 32.2. The van der Waals surface area contributed by atoms with Crippen LogP contribution in [0.4, 0.5) is 0 Å². The number of nitriles is 1. The van der Waals surface area contributed by atoms with Gasteiger partial charge in [-0.05, 0) is 12.1 Å². The first-order chi connectivity index (χ1) is 9.46. The molecular formula is C13H14N4O2S. The average molecular weight is 290 g/mol. The molecule has 7 heteroatoms. The van der Waals surface area contributed by atoms with E-state index in [1.165, 1.54) is 23.5 Å². The van der Waals surface area contributed by atoms with Crippen LogP contribution in [0.3, 0.4) is 0 Å². The van der Waals surface area contributed by atoms with Crippen molar-refractivity contribution >= 4 is 10.0 Å². The third-order valence-electron chi connectivity index (χ3n) is 2.98. The van der Waals surface area contributed by atoms with Gasteiger partial charge in [0.2, 0.25) is 10.0 Å². The summed E-state index contributed by atoms with van der Waals surface area (Å²) >= 11 is 0. The van der Waals surface area contributed by atoms with E-state index in [1.54, 1.807) is 36.1 Å². The van der Waals surface area contributed by atoms with Crippen LogP contribution in [0.1, 0.15) is 11.4 Å². The van der Waals surface area contributed by atoms with Crippen LogP contribution in [-0.2, 0) is 23.6 Å². The van der Waals surface area contributed by atoms with E-state index < -0.39 is 10.0 Å². The summed E-state index contributed by atoms with van der Waals surface area (Å²) in [5, 5.41) is 9.01. The minimum absolute atomic E-state index is 0.0132. The first-order valence-electron chi connectivity index (χ1n) is 5.88. The molecule has 0 fully saturated rings. The molecule has 2 aromatic rings. The van der Waals surface area contributed by atoms with E-state index in [9.17, 15) is 8.42 Å². The third kappa shape index (κ3) is 2.57. The monoisotopic (exact) mass is 290 g/mol. The van der Waals surface area contributed by atoms with Crippen molar-refractivity contribution in [2.24, 2.45) is 7.05 Å². The number of hydrogen-bond acceptors (Lipinski definition) is 4. The molecule has 1 aromatic carbocycles. The predicted octanol–water partition coefficient (Wildman–Crippen LogP) is 1.11. The number of hydrogen-bond donors (Lipinski definition) is 0. The maximum atomic E-state index is 12.5. The Kier molecular flexibility index (Phi) is 3.88. The van der Waals surface area contributed by atoms with Crippen molar-refractivity contribution in [3.63, 3.8) is 0 Å². The standard InChI is InChI=1S/C13H14N4O2S/c1-16-8-7-15-13(16)10-17(2)20(18,19)12-6-4-3-5-11(12)9-14/h3-8H,10H2,1-2H3. The number of nitrogens with zero attached hydrogens (tertiary/aromatic N) is 4. The number of benzene rings is 1. The van der Waals surface area contributed by atoms with Gasteiger partial charge < -0.3 is 4.57 Å². The van der Waals surface area contributed by atoms with Crippen LogP contribution < -0.4 is 0 Å². The van der Waals surface area contributed by atoms with Crippen molar-refractivity contribution in [3.05, 3.63) is 48.0 Å². The van der Waals surface area contributed by atoms with Crippen LogP contribution in [0, 0.1) is 11.3 Å². The molecule has 1 heterocycles. The lowest BCUT2D eigenvalue weighted by Crippen LogP contribution is -2.28. The molecule has 20 heavy (non-hydrogen) atoms. The summed E-state index contributed by atoms with van der Waals surface area (Å²) in [6.07, 6.45) is 3.36. The van der Waals surface area contributed by atoms with Gasteiger partial charge in [0.05, 0.1) is 17.0 Å². The normalized spacial score (nSPS) is 11.5. The Morgan fingerprint density at radius 3 is 2.70 bits per heavy atom. The zero-order valence-corrected chi connectivity index (χ0v) is 12.0.